The molecule has 144 valence electrons. The van der Waals surface area contributed by atoms with Gasteiger partial charge >= 0.3 is 0 Å². The van der Waals surface area contributed by atoms with Crippen LogP contribution in [0.5, 0.6) is 0 Å². The van der Waals surface area contributed by atoms with Gasteiger partial charge in [-0.1, -0.05) is 17.8 Å². The number of benzene rings is 1. The fourth-order valence-electron chi connectivity index (χ4n) is 2.72. The van der Waals surface area contributed by atoms with E-state index in [9.17, 15) is 4.79 Å². The lowest BCUT2D eigenvalue weighted by Gasteiger charge is -2.22. The first-order valence-electron chi connectivity index (χ1n) is 8.82. The third kappa shape index (κ3) is 4.26. The Morgan fingerprint density at radius 1 is 1.29 bits per heavy atom. The monoisotopic (exact) mass is 395 g/mol. The van der Waals surface area contributed by atoms with Gasteiger partial charge in [-0.15, -0.1) is 10.2 Å². The van der Waals surface area contributed by atoms with E-state index in [4.69, 9.17) is 9.68 Å². The highest BCUT2D eigenvalue weighted by Gasteiger charge is 2.19. The molecule has 2 aromatic heterocycles. The molecule has 0 aliphatic heterocycles. The Morgan fingerprint density at radius 3 is 2.79 bits per heavy atom. The van der Waals surface area contributed by atoms with Crippen molar-refractivity contribution in [2.45, 2.75) is 25.4 Å². The first-order valence-corrected chi connectivity index (χ1v) is 9.80. The number of carbonyl (C=O) groups is 1. The molecule has 0 aliphatic rings. The van der Waals surface area contributed by atoms with Crippen molar-refractivity contribution in [2.75, 3.05) is 17.2 Å². The lowest BCUT2D eigenvalue weighted by atomic mass is 10.1. The molecule has 2 heterocycles. The second-order valence-electron chi connectivity index (χ2n) is 6.35. The summed E-state index contributed by atoms with van der Waals surface area (Å²) in [6.45, 7) is 4.40. The number of hydrogen-bond donors (Lipinski definition) is 0. The molecular formula is C20H21N5O2S. The van der Waals surface area contributed by atoms with Gasteiger partial charge in [0.25, 0.3) is 0 Å². The topological polar surface area (TPSA) is 87.9 Å². The zero-order valence-corrected chi connectivity index (χ0v) is 16.9. The maximum absolute atomic E-state index is 12.9. The van der Waals surface area contributed by atoms with Crippen LogP contribution in [0.1, 0.15) is 17.5 Å². The molecule has 3 rings (SSSR count). The Hall–Kier alpha value is -3.05. The van der Waals surface area contributed by atoms with Gasteiger partial charge in [0.1, 0.15) is 0 Å². The molecule has 0 N–H and O–H groups in total. The summed E-state index contributed by atoms with van der Waals surface area (Å²) in [4.78, 5) is 14.5. The lowest BCUT2D eigenvalue weighted by molar-refractivity contribution is -0.116. The van der Waals surface area contributed by atoms with Crippen LogP contribution in [0.4, 0.5) is 5.69 Å². The molecule has 8 heteroatoms. The van der Waals surface area contributed by atoms with Crippen molar-refractivity contribution in [1.29, 1.82) is 5.26 Å². The SMILES string of the molecule is Cc1ccc(N(CCC#N)C(=O)CSc2nnc(-c3ccco3)n2C)cc1C. The van der Waals surface area contributed by atoms with Crippen LogP contribution >= 0.6 is 11.8 Å². The number of anilines is 1. The minimum absolute atomic E-state index is 0.0777. The van der Waals surface area contributed by atoms with Crippen LogP contribution in [0.3, 0.4) is 0 Å². The summed E-state index contributed by atoms with van der Waals surface area (Å²) < 4.78 is 7.16. The van der Waals surface area contributed by atoms with Crippen LogP contribution in [0.15, 0.2) is 46.2 Å². The molecule has 1 aromatic carbocycles. The van der Waals surface area contributed by atoms with Gasteiger partial charge in [-0.25, -0.2) is 0 Å². The minimum Gasteiger partial charge on any atom is -0.461 e. The Balaban J connectivity index is 1.74. The average Bonchev–Trinajstić information content (AvgIpc) is 3.33. The highest BCUT2D eigenvalue weighted by atomic mass is 32.2. The minimum atomic E-state index is -0.0777. The largest absolute Gasteiger partial charge is 0.461 e. The van der Waals surface area contributed by atoms with Crippen molar-refractivity contribution in [3.8, 4) is 17.7 Å². The molecule has 0 fully saturated rings. The fourth-order valence-corrected chi connectivity index (χ4v) is 3.51. The van der Waals surface area contributed by atoms with Gasteiger partial charge < -0.3 is 13.9 Å². The molecule has 3 aromatic rings. The van der Waals surface area contributed by atoms with Crippen molar-refractivity contribution < 1.29 is 9.21 Å². The number of nitrogens with zero attached hydrogens (tertiary/aromatic N) is 5. The highest BCUT2D eigenvalue weighted by Crippen LogP contribution is 2.25. The number of nitriles is 1. The van der Waals surface area contributed by atoms with E-state index in [0.717, 1.165) is 16.8 Å². The Bertz CT molecular complexity index is 1000. The van der Waals surface area contributed by atoms with Gasteiger partial charge in [0.2, 0.25) is 5.91 Å². The van der Waals surface area contributed by atoms with E-state index in [0.29, 0.717) is 23.3 Å². The number of amides is 1. The van der Waals surface area contributed by atoms with Gasteiger partial charge in [0.05, 0.1) is 24.5 Å². The van der Waals surface area contributed by atoms with Crippen LogP contribution in [0, 0.1) is 25.2 Å². The Morgan fingerprint density at radius 2 is 2.11 bits per heavy atom. The first-order chi connectivity index (χ1) is 13.5. The second-order valence-corrected chi connectivity index (χ2v) is 7.30. The standard InChI is InChI=1S/C20H21N5O2S/c1-14-7-8-16(12-15(14)2)25(10-5-9-21)18(26)13-28-20-23-22-19(24(20)3)17-6-4-11-27-17/h4,6-8,11-12H,5,10,13H2,1-3H3. The molecule has 0 aliphatic carbocycles. The van der Waals surface area contributed by atoms with Crippen LogP contribution in [-0.2, 0) is 11.8 Å². The number of rotatable bonds is 7. The Labute approximate surface area is 168 Å². The number of aromatic nitrogens is 3. The Kier molecular flexibility index (Phi) is 6.16. The van der Waals surface area contributed by atoms with Gasteiger partial charge in [-0.05, 0) is 49.2 Å². The van der Waals surface area contributed by atoms with E-state index in [-0.39, 0.29) is 18.1 Å². The summed E-state index contributed by atoms with van der Waals surface area (Å²) in [5, 5.41) is 17.9. The summed E-state index contributed by atoms with van der Waals surface area (Å²) in [7, 11) is 1.83. The smallest absolute Gasteiger partial charge is 0.237 e. The normalized spacial score (nSPS) is 10.6. The fraction of sp³-hybridized carbons (Fsp3) is 0.300. The third-order valence-electron chi connectivity index (χ3n) is 4.45. The number of hydrogen-bond acceptors (Lipinski definition) is 6. The lowest BCUT2D eigenvalue weighted by Crippen LogP contribution is -2.33. The summed E-state index contributed by atoms with van der Waals surface area (Å²) in [6.07, 6.45) is 1.85. The van der Waals surface area contributed by atoms with Crippen LogP contribution in [-0.4, -0.2) is 33.0 Å². The van der Waals surface area contributed by atoms with Gasteiger partial charge in [0.15, 0.2) is 16.7 Å². The van der Waals surface area contributed by atoms with Crippen LogP contribution in [0.2, 0.25) is 0 Å². The number of aryl methyl sites for hydroxylation is 2. The number of furan rings is 1. The predicted molar refractivity (Wildman–Crippen MR) is 108 cm³/mol. The predicted octanol–water partition coefficient (Wildman–Crippen LogP) is 3.73. The van der Waals surface area contributed by atoms with Crippen molar-refractivity contribution in [3.63, 3.8) is 0 Å². The summed E-state index contributed by atoms with van der Waals surface area (Å²) >= 11 is 1.31. The highest BCUT2D eigenvalue weighted by molar-refractivity contribution is 7.99. The zero-order valence-electron chi connectivity index (χ0n) is 16.0. The molecule has 7 nitrogen and oxygen atoms in total. The summed E-state index contributed by atoms with van der Waals surface area (Å²) in [5.74, 6) is 1.35. The van der Waals surface area contributed by atoms with Gasteiger partial charge in [-0.3, -0.25) is 4.79 Å². The van der Waals surface area contributed by atoms with Crippen molar-refractivity contribution in [1.82, 2.24) is 14.8 Å². The molecule has 1 amide bonds. The van der Waals surface area contributed by atoms with Crippen LogP contribution < -0.4 is 4.90 Å². The molecular weight excluding hydrogens is 374 g/mol. The van der Waals surface area contributed by atoms with E-state index in [1.165, 1.54) is 11.8 Å². The molecule has 0 spiro atoms. The third-order valence-corrected chi connectivity index (χ3v) is 5.46. The van der Waals surface area contributed by atoms with E-state index in [1.807, 2.05) is 45.2 Å². The van der Waals surface area contributed by atoms with Crippen LogP contribution in [0.25, 0.3) is 11.6 Å². The average molecular weight is 395 g/mol. The zero-order chi connectivity index (χ0) is 20.1. The second kappa shape index (κ2) is 8.76. The number of carbonyl (C=O) groups excluding carboxylic acids is 1. The molecule has 0 unspecified atom stereocenters. The van der Waals surface area contributed by atoms with Gasteiger partial charge in [-0.2, -0.15) is 5.26 Å². The van der Waals surface area contributed by atoms with Crippen molar-refractivity contribution in [2.24, 2.45) is 7.05 Å². The molecule has 0 bridgehead atoms. The quantitative estimate of drug-likeness (QED) is 0.567. The molecule has 0 saturated heterocycles. The molecule has 0 saturated carbocycles. The van der Waals surface area contributed by atoms with E-state index >= 15 is 0 Å². The molecule has 28 heavy (non-hydrogen) atoms. The van der Waals surface area contributed by atoms with E-state index < -0.39 is 0 Å². The van der Waals surface area contributed by atoms with E-state index in [1.54, 1.807) is 21.8 Å². The van der Waals surface area contributed by atoms with Gasteiger partial charge in [0, 0.05) is 19.3 Å². The molecule has 0 radical (unpaired) electrons. The maximum Gasteiger partial charge on any atom is 0.237 e. The maximum atomic E-state index is 12.9. The van der Waals surface area contributed by atoms with Crippen molar-refractivity contribution >= 4 is 23.4 Å². The van der Waals surface area contributed by atoms with Crippen molar-refractivity contribution in [3.05, 3.63) is 47.7 Å². The summed E-state index contributed by atoms with van der Waals surface area (Å²) in [6, 6.07) is 11.6. The number of thioether (sulfide) groups is 1. The van der Waals surface area contributed by atoms with E-state index in [2.05, 4.69) is 16.3 Å². The molecule has 0 atom stereocenters. The first kappa shape index (κ1) is 19.7. The summed E-state index contributed by atoms with van der Waals surface area (Å²) in [5.41, 5.74) is 3.07.